The van der Waals surface area contributed by atoms with E-state index in [1.54, 1.807) is 0 Å². The van der Waals surface area contributed by atoms with Crippen molar-refractivity contribution in [3.63, 3.8) is 0 Å². The van der Waals surface area contributed by atoms with Crippen molar-refractivity contribution in [1.29, 1.82) is 0 Å². The minimum Gasteiger partial charge on any atom is -0.478 e. The van der Waals surface area contributed by atoms with Crippen molar-refractivity contribution in [2.24, 2.45) is 0 Å². The normalized spacial score (nSPS) is 15.2. The Morgan fingerprint density at radius 3 is 2.25 bits per heavy atom. The molecule has 0 N–H and O–H groups in total. The molecule has 0 bridgehead atoms. The third-order valence-corrected chi connectivity index (χ3v) is 3.52. The highest BCUT2D eigenvalue weighted by Gasteiger charge is 2.11. The average Bonchev–Trinajstić information content (AvgIpc) is 2.06. The Hall–Kier alpha value is -0.0200. The van der Waals surface area contributed by atoms with Crippen LogP contribution in [0.2, 0.25) is 0 Å². The molecule has 0 radical (unpaired) electrons. The van der Waals surface area contributed by atoms with Crippen LogP contribution in [0, 0.1) is 0 Å². The van der Waals surface area contributed by atoms with E-state index in [0.29, 0.717) is 0 Å². The quantitative estimate of drug-likeness (QED) is 0.774. The number of hydrogen-bond acceptors (Lipinski definition) is 1. The molecule has 0 heterocycles. The van der Waals surface area contributed by atoms with Gasteiger partial charge in [0.25, 0.3) is 0 Å². The second kappa shape index (κ2) is 4.87. The van der Waals surface area contributed by atoms with Gasteiger partial charge in [0, 0.05) is 0 Å². The third kappa shape index (κ3) is 3.15. The molecule has 66 valence electrons. The van der Waals surface area contributed by atoms with Gasteiger partial charge in [-0.15, -0.1) is 0 Å². The van der Waals surface area contributed by atoms with Crippen molar-refractivity contribution < 1.29 is 4.74 Å². The zero-order valence-electron chi connectivity index (χ0n) is 6.71. The second-order valence-electron chi connectivity index (χ2n) is 2.46. The molecule has 0 saturated heterocycles. The first kappa shape index (κ1) is 10.1. The molecule has 0 aliphatic heterocycles. The Morgan fingerprint density at radius 1 is 1.17 bits per heavy atom. The first-order chi connectivity index (χ1) is 5.70. The lowest BCUT2D eigenvalue weighted by Crippen LogP contribution is -2.17. The fraction of sp³-hybridized carbons (Fsp3) is 0.333. The lowest BCUT2D eigenvalue weighted by atomic mass is 10.3. The molecule has 1 aromatic rings. The van der Waals surface area contributed by atoms with Crippen molar-refractivity contribution in [2.45, 2.75) is 16.8 Å². The summed E-state index contributed by atoms with van der Waals surface area (Å²) in [6.07, 6.45) is 0. The minimum atomic E-state index is 0.0138. The average molecular weight is 294 g/mol. The molecule has 0 aromatic heterocycles. The van der Waals surface area contributed by atoms with Gasteiger partial charge in [0.1, 0.15) is 5.75 Å². The standard InChI is InChI=1S/C9H10Br2O/c1-7(10)9(11)12-8-5-3-2-4-6-8/h2-7,9H,1H3/t7-,9-/m0/s1. The molecule has 0 aliphatic rings. The molecule has 0 amide bonds. The summed E-state index contributed by atoms with van der Waals surface area (Å²) in [4.78, 5) is 0.290. The van der Waals surface area contributed by atoms with Crippen LogP contribution >= 0.6 is 31.9 Å². The Balaban J connectivity index is 2.53. The minimum absolute atomic E-state index is 0.0138. The van der Waals surface area contributed by atoms with Crippen LogP contribution in [0.4, 0.5) is 0 Å². The number of rotatable bonds is 3. The number of benzene rings is 1. The first-order valence-electron chi connectivity index (χ1n) is 3.70. The highest BCUT2D eigenvalue weighted by molar-refractivity contribution is 9.12. The van der Waals surface area contributed by atoms with Crippen molar-refractivity contribution in [3.05, 3.63) is 30.3 Å². The molecule has 1 nitrogen and oxygen atoms in total. The predicted molar refractivity (Wildman–Crippen MR) is 58.2 cm³/mol. The monoisotopic (exact) mass is 292 g/mol. The van der Waals surface area contributed by atoms with Gasteiger partial charge < -0.3 is 4.74 Å². The van der Waals surface area contributed by atoms with Gasteiger partial charge in [-0.1, -0.05) is 34.1 Å². The van der Waals surface area contributed by atoms with E-state index in [1.807, 2.05) is 37.3 Å². The van der Waals surface area contributed by atoms with E-state index < -0.39 is 0 Å². The zero-order chi connectivity index (χ0) is 8.97. The number of hydrogen-bond donors (Lipinski definition) is 0. The lowest BCUT2D eigenvalue weighted by molar-refractivity contribution is 0.297. The Morgan fingerprint density at radius 2 is 1.75 bits per heavy atom. The summed E-state index contributed by atoms with van der Waals surface area (Å²) < 4.78 is 5.55. The van der Waals surface area contributed by atoms with E-state index in [0.717, 1.165) is 5.75 Å². The smallest absolute Gasteiger partial charge is 0.165 e. The summed E-state index contributed by atoms with van der Waals surface area (Å²) in [5.41, 5.74) is 0. The lowest BCUT2D eigenvalue weighted by Gasteiger charge is -2.14. The van der Waals surface area contributed by atoms with Gasteiger partial charge in [0.05, 0.1) is 4.83 Å². The van der Waals surface area contributed by atoms with E-state index in [4.69, 9.17) is 4.74 Å². The van der Waals surface area contributed by atoms with Gasteiger partial charge in [0.2, 0.25) is 0 Å². The summed E-state index contributed by atoms with van der Waals surface area (Å²) >= 11 is 6.84. The van der Waals surface area contributed by atoms with Crippen LogP contribution in [0.5, 0.6) is 5.75 Å². The molecule has 0 saturated carbocycles. The molecule has 1 aromatic carbocycles. The summed E-state index contributed by atoms with van der Waals surface area (Å²) in [6.45, 7) is 2.03. The molecule has 0 spiro atoms. The topological polar surface area (TPSA) is 9.23 Å². The van der Waals surface area contributed by atoms with Gasteiger partial charge in [-0.25, -0.2) is 0 Å². The van der Waals surface area contributed by atoms with Crippen LogP contribution in [0.15, 0.2) is 30.3 Å². The first-order valence-corrected chi connectivity index (χ1v) is 5.53. The third-order valence-electron chi connectivity index (χ3n) is 1.35. The molecule has 1 rings (SSSR count). The maximum atomic E-state index is 5.55. The predicted octanol–water partition coefficient (Wildman–Crippen LogP) is 3.57. The maximum Gasteiger partial charge on any atom is 0.165 e. The number of ether oxygens (including phenoxy) is 1. The van der Waals surface area contributed by atoms with E-state index in [9.17, 15) is 0 Å². The molecular weight excluding hydrogens is 284 g/mol. The summed E-state index contributed by atoms with van der Waals surface area (Å²) in [5.74, 6) is 0.880. The van der Waals surface area contributed by atoms with Crippen molar-refractivity contribution in [3.8, 4) is 5.75 Å². The van der Waals surface area contributed by atoms with Crippen LogP contribution < -0.4 is 4.74 Å². The second-order valence-corrected chi connectivity index (χ2v) is 4.81. The molecule has 0 aliphatic carbocycles. The molecular formula is C9H10Br2O. The SMILES string of the molecule is C[C@H](Br)[C@@H](Br)Oc1ccccc1. The Labute approximate surface area is 89.4 Å². The molecule has 0 fully saturated rings. The van der Waals surface area contributed by atoms with Gasteiger partial charge >= 0.3 is 0 Å². The number of halogens is 2. The molecule has 0 unspecified atom stereocenters. The van der Waals surface area contributed by atoms with Crippen LogP contribution in [-0.4, -0.2) is 9.84 Å². The Kier molecular flexibility index (Phi) is 4.09. The van der Waals surface area contributed by atoms with Crippen molar-refractivity contribution >= 4 is 31.9 Å². The summed E-state index contributed by atoms with van der Waals surface area (Å²) in [5, 5.41) is 0.0138. The molecule has 12 heavy (non-hydrogen) atoms. The van der Waals surface area contributed by atoms with Crippen LogP contribution in [0.25, 0.3) is 0 Å². The molecule has 3 heteroatoms. The van der Waals surface area contributed by atoms with Crippen molar-refractivity contribution in [2.75, 3.05) is 0 Å². The Bertz CT molecular complexity index is 223. The van der Waals surface area contributed by atoms with Crippen LogP contribution in [-0.2, 0) is 0 Å². The van der Waals surface area contributed by atoms with Crippen LogP contribution in [0.3, 0.4) is 0 Å². The largest absolute Gasteiger partial charge is 0.478 e. The van der Waals surface area contributed by atoms with E-state index in [1.165, 1.54) is 0 Å². The van der Waals surface area contributed by atoms with Gasteiger partial charge in [-0.05, 0) is 35.0 Å². The van der Waals surface area contributed by atoms with E-state index in [-0.39, 0.29) is 9.84 Å². The zero-order valence-corrected chi connectivity index (χ0v) is 9.88. The van der Waals surface area contributed by atoms with Gasteiger partial charge in [-0.2, -0.15) is 0 Å². The fourth-order valence-electron chi connectivity index (χ4n) is 0.723. The van der Waals surface area contributed by atoms with Crippen molar-refractivity contribution in [1.82, 2.24) is 0 Å². The molecule has 2 atom stereocenters. The van der Waals surface area contributed by atoms with Crippen LogP contribution in [0.1, 0.15) is 6.92 Å². The van der Waals surface area contributed by atoms with E-state index >= 15 is 0 Å². The van der Waals surface area contributed by atoms with E-state index in [2.05, 4.69) is 31.9 Å². The maximum absolute atomic E-state index is 5.55. The summed E-state index contributed by atoms with van der Waals surface area (Å²) in [7, 11) is 0. The number of para-hydroxylation sites is 1. The number of alkyl halides is 2. The van der Waals surface area contributed by atoms with Gasteiger partial charge in [-0.3, -0.25) is 0 Å². The highest BCUT2D eigenvalue weighted by Crippen LogP contribution is 2.19. The summed E-state index contributed by atoms with van der Waals surface area (Å²) in [6, 6.07) is 9.74. The highest BCUT2D eigenvalue weighted by atomic mass is 79.9. The fourth-order valence-corrected chi connectivity index (χ4v) is 1.05. The van der Waals surface area contributed by atoms with Gasteiger partial charge in [0.15, 0.2) is 5.01 Å².